The predicted molar refractivity (Wildman–Crippen MR) is 130 cm³/mol. The summed E-state index contributed by atoms with van der Waals surface area (Å²) in [6.45, 7) is 5.32. The molecule has 0 aliphatic carbocycles. The van der Waals surface area contributed by atoms with Crippen molar-refractivity contribution in [2.45, 2.75) is 52.4 Å². The van der Waals surface area contributed by atoms with E-state index in [1.165, 1.54) is 30.5 Å². The molecule has 0 fully saturated rings. The van der Waals surface area contributed by atoms with Crippen LogP contribution >= 0.6 is 11.6 Å². The van der Waals surface area contributed by atoms with E-state index in [0.29, 0.717) is 22.8 Å². The van der Waals surface area contributed by atoms with Gasteiger partial charge in [-0.15, -0.1) is 0 Å². The molecule has 2 N–H and O–H groups in total. The molecule has 0 aliphatic rings. The summed E-state index contributed by atoms with van der Waals surface area (Å²) in [5.74, 6) is -1.71. The van der Waals surface area contributed by atoms with Crippen molar-refractivity contribution in [1.29, 1.82) is 0 Å². The van der Waals surface area contributed by atoms with Crippen molar-refractivity contribution in [3.05, 3.63) is 70.5 Å². The second-order valence-corrected chi connectivity index (χ2v) is 9.52. The fourth-order valence-electron chi connectivity index (χ4n) is 4.03. The van der Waals surface area contributed by atoms with E-state index in [4.69, 9.17) is 16.3 Å². The minimum Gasteiger partial charge on any atom is -0.487 e. The highest BCUT2D eigenvalue weighted by molar-refractivity contribution is 6.30. The van der Waals surface area contributed by atoms with Gasteiger partial charge in [0.2, 0.25) is 0 Å². The van der Waals surface area contributed by atoms with Crippen LogP contribution in [0.5, 0.6) is 5.75 Å². The number of rotatable bonds is 9. The van der Waals surface area contributed by atoms with Crippen LogP contribution in [-0.2, 0) is 17.6 Å². The molecular weight excluding hydrogens is 497 g/mol. The van der Waals surface area contributed by atoms with Crippen LogP contribution in [0.15, 0.2) is 48.7 Å². The summed E-state index contributed by atoms with van der Waals surface area (Å²) in [6.07, 6.45) is -1.67. The molecule has 1 heterocycles. The largest absolute Gasteiger partial charge is 0.487 e. The Morgan fingerprint density at radius 1 is 1.14 bits per heavy atom. The lowest BCUT2D eigenvalue weighted by molar-refractivity contribution is -0.142. The van der Waals surface area contributed by atoms with E-state index >= 15 is 0 Å². The van der Waals surface area contributed by atoms with Gasteiger partial charge in [-0.25, -0.2) is 9.78 Å². The summed E-state index contributed by atoms with van der Waals surface area (Å²) >= 11 is 6.07. The van der Waals surface area contributed by atoms with Crippen LogP contribution in [0.1, 0.15) is 55.1 Å². The SMILES string of the molecule is CCCC(C)(C)C(NC(=O)c1ccc2cnc(Cl)cc2c1OCc1ccc(C(F)(F)F)cc1)C(=O)O. The molecule has 2 aromatic carbocycles. The van der Waals surface area contributed by atoms with Gasteiger partial charge in [0.1, 0.15) is 23.6 Å². The highest BCUT2D eigenvalue weighted by atomic mass is 35.5. The van der Waals surface area contributed by atoms with Crippen LogP contribution in [0, 0.1) is 5.41 Å². The normalized spacial score (nSPS) is 12.9. The van der Waals surface area contributed by atoms with Gasteiger partial charge in [-0.05, 0) is 41.7 Å². The monoisotopic (exact) mass is 522 g/mol. The number of aliphatic carboxylic acids is 1. The summed E-state index contributed by atoms with van der Waals surface area (Å²) in [6, 6.07) is 7.93. The van der Waals surface area contributed by atoms with Crippen LogP contribution in [0.4, 0.5) is 13.2 Å². The number of hydrogen-bond acceptors (Lipinski definition) is 4. The van der Waals surface area contributed by atoms with Gasteiger partial charge in [-0.3, -0.25) is 4.79 Å². The molecule has 0 saturated carbocycles. The number of alkyl halides is 3. The minimum atomic E-state index is -4.46. The molecule has 1 atom stereocenters. The number of nitrogens with one attached hydrogen (secondary N) is 1. The van der Waals surface area contributed by atoms with Crippen LogP contribution < -0.4 is 10.1 Å². The number of hydrogen-bond donors (Lipinski definition) is 2. The van der Waals surface area contributed by atoms with Crippen molar-refractivity contribution in [3.8, 4) is 5.75 Å². The predicted octanol–water partition coefficient (Wildman–Crippen LogP) is 6.50. The van der Waals surface area contributed by atoms with Crippen LogP contribution in [-0.4, -0.2) is 28.0 Å². The first kappa shape index (κ1) is 27.3. The number of pyridine rings is 1. The maximum Gasteiger partial charge on any atom is 0.416 e. The van der Waals surface area contributed by atoms with E-state index < -0.39 is 35.1 Å². The van der Waals surface area contributed by atoms with Gasteiger partial charge in [0, 0.05) is 17.0 Å². The number of nitrogens with zero attached hydrogens (tertiary/aromatic N) is 1. The molecular formula is C26H26ClF3N2O4. The second-order valence-electron chi connectivity index (χ2n) is 9.14. The number of fused-ring (bicyclic) bond motifs is 1. The lowest BCUT2D eigenvalue weighted by Gasteiger charge is -2.32. The standard InChI is InChI=1S/C26H26ClF3N2O4/c1-4-11-25(2,3)22(24(34)35)32-23(33)18-10-7-16-13-31-20(27)12-19(16)21(18)36-14-15-5-8-17(9-6-15)26(28,29)30/h5-10,12-13,22H,4,11,14H2,1-3H3,(H,32,33)(H,34,35). The Kier molecular flexibility index (Phi) is 8.13. The van der Waals surface area contributed by atoms with Gasteiger partial charge >= 0.3 is 12.1 Å². The number of carbonyl (C=O) groups excluding carboxylic acids is 1. The van der Waals surface area contributed by atoms with Gasteiger partial charge < -0.3 is 15.2 Å². The molecule has 1 amide bonds. The number of amides is 1. The van der Waals surface area contributed by atoms with Crippen molar-refractivity contribution < 1.29 is 32.6 Å². The molecule has 0 aliphatic heterocycles. The Morgan fingerprint density at radius 3 is 2.39 bits per heavy atom. The number of halogens is 4. The number of benzene rings is 2. The number of aromatic nitrogens is 1. The van der Waals surface area contributed by atoms with E-state index in [0.717, 1.165) is 18.6 Å². The van der Waals surface area contributed by atoms with Gasteiger partial charge in [-0.1, -0.05) is 57.0 Å². The molecule has 0 bridgehead atoms. The van der Waals surface area contributed by atoms with Crippen molar-refractivity contribution in [2.75, 3.05) is 0 Å². The lowest BCUT2D eigenvalue weighted by atomic mass is 9.80. The topological polar surface area (TPSA) is 88.5 Å². The van der Waals surface area contributed by atoms with E-state index in [1.807, 2.05) is 6.92 Å². The zero-order valence-corrected chi connectivity index (χ0v) is 20.7. The first-order chi connectivity index (χ1) is 16.8. The summed E-state index contributed by atoms with van der Waals surface area (Å²) in [5.41, 5.74) is -1.00. The molecule has 6 nitrogen and oxygen atoms in total. The molecule has 3 aromatic rings. The molecule has 3 rings (SSSR count). The molecule has 0 spiro atoms. The number of carboxylic acids is 1. The fourth-order valence-corrected chi connectivity index (χ4v) is 4.19. The number of ether oxygens (including phenoxy) is 1. The lowest BCUT2D eigenvalue weighted by Crippen LogP contribution is -2.50. The molecule has 192 valence electrons. The van der Waals surface area contributed by atoms with Crippen LogP contribution in [0.25, 0.3) is 10.8 Å². The Labute approximate surface area is 211 Å². The summed E-state index contributed by atoms with van der Waals surface area (Å²) in [5, 5.41) is 13.6. The summed E-state index contributed by atoms with van der Waals surface area (Å²) in [4.78, 5) is 29.3. The van der Waals surface area contributed by atoms with Gasteiger partial charge in [0.25, 0.3) is 5.91 Å². The summed E-state index contributed by atoms with van der Waals surface area (Å²) in [7, 11) is 0. The molecule has 36 heavy (non-hydrogen) atoms. The molecule has 0 saturated heterocycles. The number of carbonyl (C=O) groups is 2. The maximum absolute atomic E-state index is 13.3. The van der Waals surface area contributed by atoms with Crippen molar-refractivity contribution in [2.24, 2.45) is 5.41 Å². The average molecular weight is 523 g/mol. The van der Waals surface area contributed by atoms with E-state index in [-0.39, 0.29) is 23.1 Å². The molecule has 1 unspecified atom stereocenters. The first-order valence-electron chi connectivity index (χ1n) is 11.2. The van der Waals surface area contributed by atoms with E-state index in [9.17, 15) is 27.9 Å². The summed E-state index contributed by atoms with van der Waals surface area (Å²) < 4.78 is 44.6. The van der Waals surface area contributed by atoms with Gasteiger partial charge in [0.05, 0.1) is 11.1 Å². The quantitative estimate of drug-likeness (QED) is 0.313. The second kappa shape index (κ2) is 10.7. The van der Waals surface area contributed by atoms with E-state index in [1.54, 1.807) is 19.9 Å². The fraction of sp³-hybridized carbons (Fsp3) is 0.346. The molecule has 1 aromatic heterocycles. The third-order valence-corrected chi connectivity index (χ3v) is 6.13. The third-order valence-electron chi connectivity index (χ3n) is 5.93. The van der Waals surface area contributed by atoms with Crippen LogP contribution in [0.3, 0.4) is 0 Å². The Hall–Kier alpha value is -3.33. The van der Waals surface area contributed by atoms with Crippen molar-refractivity contribution in [1.82, 2.24) is 10.3 Å². The van der Waals surface area contributed by atoms with Gasteiger partial charge in [0.15, 0.2) is 0 Å². The highest BCUT2D eigenvalue weighted by Gasteiger charge is 2.36. The minimum absolute atomic E-state index is 0.0650. The van der Waals surface area contributed by atoms with Gasteiger partial charge in [-0.2, -0.15) is 13.2 Å². The molecule has 0 radical (unpaired) electrons. The zero-order valence-electron chi connectivity index (χ0n) is 19.9. The molecule has 10 heteroatoms. The average Bonchev–Trinajstić information content (AvgIpc) is 2.80. The van der Waals surface area contributed by atoms with Crippen LogP contribution in [0.2, 0.25) is 5.15 Å². The first-order valence-corrected chi connectivity index (χ1v) is 11.6. The van der Waals surface area contributed by atoms with Crippen molar-refractivity contribution in [3.63, 3.8) is 0 Å². The highest BCUT2D eigenvalue weighted by Crippen LogP contribution is 2.34. The Balaban J connectivity index is 1.97. The maximum atomic E-state index is 13.3. The van der Waals surface area contributed by atoms with Crippen molar-refractivity contribution >= 4 is 34.2 Å². The Morgan fingerprint density at radius 2 is 1.81 bits per heavy atom. The Bertz CT molecular complexity index is 1260. The number of carboxylic acid groups (broad SMARTS) is 1. The third kappa shape index (κ3) is 6.26. The smallest absolute Gasteiger partial charge is 0.416 e. The zero-order chi connectivity index (χ0) is 26.7. The van der Waals surface area contributed by atoms with E-state index in [2.05, 4.69) is 10.3 Å².